The predicted molar refractivity (Wildman–Crippen MR) is 103 cm³/mol. The number of unbranched alkanes of at least 4 members (excludes halogenated alkanes) is 3. The number of amides is 1. The van der Waals surface area contributed by atoms with Crippen LogP contribution >= 0.6 is 0 Å². The Morgan fingerprint density at radius 3 is 2.76 bits per heavy atom. The van der Waals surface area contributed by atoms with E-state index in [9.17, 15) is 9.90 Å². The lowest BCUT2D eigenvalue weighted by Crippen LogP contribution is -2.17. The molecule has 0 bridgehead atoms. The van der Waals surface area contributed by atoms with E-state index in [1.54, 1.807) is 7.11 Å². The Labute approximate surface area is 153 Å². The van der Waals surface area contributed by atoms with Crippen molar-refractivity contribution in [3.63, 3.8) is 0 Å². The third-order valence-electron chi connectivity index (χ3n) is 5.16. The summed E-state index contributed by atoms with van der Waals surface area (Å²) >= 11 is 0. The van der Waals surface area contributed by atoms with Gasteiger partial charge in [0.15, 0.2) is 0 Å². The number of carbonyl (C=O) groups is 1. The Kier molecular flexibility index (Phi) is 11.5. The highest BCUT2D eigenvalue weighted by Gasteiger charge is 2.32. The molecule has 1 fully saturated rings. The highest BCUT2D eigenvalue weighted by Crippen LogP contribution is 2.36. The van der Waals surface area contributed by atoms with Gasteiger partial charge in [-0.05, 0) is 44.4 Å². The molecule has 1 aliphatic carbocycles. The molecule has 0 aromatic rings. The molecule has 1 amide bonds. The lowest BCUT2D eigenvalue weighted by molar-refractivity contribution is -0.118. The van der Waals surface area contributed by atoms with Gasteiger partial charge in [-0.25, -0.2) is 0 Å². The van der Waals surface area contributed by atoms with Crippen molar-refractivity contribution < 1.29 is 14.6 Å². The summed E-state index contributed by atoms with van der Waals surface area (Å²) in [5.74, 6) is 0.482. The van der Waals surface area contributed by atoms with Gasteiger partial charge in [0.05, 0.1) is 12.2 Å². The number of aliphatic hydroxyl groups excluding tert-OH is 1. The topological polar surface area (TPSA) is 72.6 Å². The van der Waals surface area contributed by atoms with E-state index in [-0.39, 0.29) is 24.0 Å². The number of ether oxygens (including phenoxy) is 1. The van der Waals surface area contributed by atoms with Crippen LogP contribution < -0.4 is 5.73 Å². The minimum atomic E-state index is -0.238. The monoisotopic (exact) mass is 351 g/mol. The number of nitrogens with two attached hydrogens (primary N) is 1. The summed E-state index contributed by atoms with van der Waals surface area (Å²) in [5, 5.41) is 10.3. The van der Waals surface area contributed by atoms with Crippen molar-refractivity contribution in [2.24, 2.45) is 17.6 Å². The molecule has 0 aromatic carbocycles. The number of hydrogen-bond acceptors (Lipinski definition) is 3. The predicted octanol–water partition coefficient (Wildman–Crippen LogP) is 4.13. The van der Waals surface area contributed by atoms with Crippen LogP contribution in [0.4, 0.5) is 0 Å². The maximum Gasteiger partial charge on any atom is 0.217 e. The molecular formula is C21H37NO3. The SMILES string of the molecule is CCCCC[C@@H](/C=C/[C@@H]1[C@@H](C/C=C\CCCC(N)=O)CC[C@H]1O)OC. The third-order valence-corrected chi connectivity index (χ3v) is 5.16. The van der Waals surface area contributed by atoms with Crippen LogP contribution in [0.15, 0.2) is 24.3 Å². The second-order valence-electron chi connectivity index (χ2n) is 7.20. The first kappa shape index (κ1) is 21.9. The molecule has 0 radical (unpaired) electrons. The quantitative estimate of drug-likeness (QED) is 0.387. The van der Waals surface area contributed by atoms with E-state index in [1.807, 2.05) is 0 Å². The Hall–Kier alpha value is -1.13. The minimum absolute atomic E-state index is 0.157. The number of primary amides is 1. The second-order valence-corrected chi connectivity index (χ2v) is 7.20. The minimum Gasteiger partial charge on any atom is -0.393 e. The fraction of sp³-hybridized carbons (Fsp3) is 0.762. The Morgan fingerprint density at radius 2 is 2.08 bits per heavy atom. The van der Waals surface area contributed by atoms with Crippen molar-refractivity contribution in [2.45, 2.75) is 83.3 Å². The lowest BCUT2D eigenvalue weighted by Gasteiger charge is -2.19. The van der Waals surface area contributed by atoms with E-state index in [0.717, 1.165) is 38.5 Å². The van der Waals surface area contributed by atoms with Crippen molar-refractivity contribution in [3.05, 3.63) is 24.3 Å². The molecule has 4 heteroatoms. The number of aliphatic hydroxyl groups is 1. The van der Waals surface area contributed by atoms with Gasteiger partial charge in [-0.3, -0.25) is 4.79 Å². The Bertz CT molecular complexity index is 419. The molecule has 25 heavy (non-hydrogen) atoms. The van der Waals surface area contributed by atoms with Gasteiger partial charge in [0, 0.05) is 19.4 Å². The van der Waals surface area contributed by atoms with Crippen LogP contribution in [0.25, 0.3) is 0 Å². The summed E-state index contributed by atoms with van der Waals surface area (Å²) in [6.07, 6.45) is 18.4. The van der Waals surface area contributed by atoms with E-state index >= 15 is 0 Å². The molecular weight excluding hydrogens is 314 g/mol. The zero-order chi connectivity index (χ0) is 18.5. The van der Waals surface area contributed by atoms with Gasteiger partial charge in [-0.1, -0.05) is 50.5 Å². The number of methoxy groups -OCH3 is 1. The molecule has 1 rings (SSSR count). The first-order valence-electron chi connectivity index (χ1n) is 9.91. The highest BCUT2D eigenvalue weighted by atomic mass is 16.5. The van der Waals surface area contributed by atoms with Gasteiger partial charge in [-0.15, -0.1) is 0 Å². The largest absolute Gasteiger partial charge is 0.393 e. The molecule has 3 N–H and O–H groups in total. The van der Waals surface area contributed by atoms with Crippen LogP contribution in [-0.2, 0) is 9.53 Å². The van der Waals surface area contributed by atoms with Gasteiger partial charge in [0.25, 0.3) is 0 Å². The molecule has 4 nitrogen and oxygen atoms in total. The standard InChI is InChI=1S/C21H37NO3/c1-3-4-7-11-18(25-2)14-15-19-17(13-16-20(19)23)10-8-5-6-9-12-21(22)24/h5,8,14-15,17-20,23H,3-4,6-7,9-13,16H2,1-2H3,(H2,22,24)/b8-5-,15-14+/t17-,18-,19+,20+/m0/s1. The summed E-state index contributed by atoms with van der Waals surface area (Å²) in [6, 6.07) is 0. The normalized spacial score (nSPS) is 25.2. The summed E-state index contributed by atoms with van der Waals surface area (Å²) in [4.78, 5) is 10.7. The highest BCUT2D eigenvalue weighted by molar-refractivity contribution is 5.73. The first-order chi connectivity index (χ1) is 12.1. The van der Waals surface area contributed by atoms with Gasteiger partial charge >= 0.3 is 0 Å². The summed E-state index contributed by atoms with van der Waals surface area (Å²) in [6.45, 7) is 2.21. The molecule has 0 unspecified atom stereocenters. The maximum absolute atomic E-state index is 10.7. The third kappa shape index (κ3) is 9.22. The summed E-state index contributed by atoms with van der Waals surface area (Å²) in [5.41, 5.74) is 5.14. The second kappa shape index (κ2) is 13.1. The van der Waals surface area contributed by atoms with Crippen molar-refractivity contribution in [3.8, 4) is 0 Å². The molecule has 1 saturated carbocycles. The molecule has 0 heterocycles. The van der Waals surface area contributed by atoms with E-state index in [4.69, 9.17) is 10.5 Å². The zero-order valence-electron chi connectivity index (χ0n) is 16.0. The van der Waals surface area contributed by atoms with Crippen molar-refractivity contribution in [2.75, 3.05) is 7.11 Å². The number of carbonyl (C=O) groups excluding carboxylic acids is 1. The molecule has 0 aliphatic heterocycles. The number of hydrogen-bond donors (Lipinski definition) is 2. The smallest absolute Gasteiger partial charge is 0.217 e. The summed E-state index contributed by atoms with van der Waals surface area (Å²) in [7, 11) is 1.76. The maximum atomic E-state index is 10.7. The van der Waals surface area contributed by atoms with Crippen molar-refractivity contribution in [1.82, 2.24) is 0 Å². The average molecular weight is 352 g/mol. The Morgan fingerprint density at radius 1 is 1.28 bits per heavy atom. The average Bonchev–Trinajstić information content (AvgIpc) is 2.94. The van der Waals surface area contributed by atoms with E-state index in [0.29, 0.717) is 12.3 Å². The molecule has 0 aromatic heterocycles. The Balaban J connectivity index is 2.42. The molecule has 0 spiro atoms. The van der Waals surface area contributed by atoms with Crippen LogP contribution in [0.2, 0.25) is 0 Å². The lowest BCUT2D eigenvalue weighted by atomic mass is 9.90. The van der Waals surface area contributed by atoms with E-state index in [2.05, 4.69) is 31.2 Å². The first-order valence-corrected chi connectivity index (χ1v) is 9.91. The van der Waals surface area contributed by atoms with E-state index < -0.39 is 0 Å². The fourth-order valence-electron chi connectivity index (χ4n) is 3.57. The van der Waals surface area contributed by atoms with Crippen molar-refractivity contribution in [1.29, 1.82) is 0 Å². The van der Waals surface area contributed by atoms with Crippen LogP contribution in [0.5, 0.6) is 0 Å². The zero-order valence-corrected chi connectivity index (χ0v) is 16.0. The molecule has 0 saturated heterocycles. The van der Waals surface area contributed by atoms with Gasteiger partial charge in [0.2, 0.25) is 5.91 Å². The molecule has 4 atom stereocenters. The van der Waals surface area contributed by atoms with Crippen LogP contribution in [0.3, 0.4) is 0 Å². The van der Waals surface area contributed by atoms with Crippen LogP contribution in [0.1, 0.15) is 71.1 Å². The van der Waals surface area contributed by atoms with Crippen LogP contribution in [0, 0.1) is 11.8 Å². The number of rotatable bonds is 13. The fourth-order valence-corrected chi connectivity index (χ4v) is 3.57. The van der Waals surface area contributed by atoms with Crippen molar-refractivity contribution >= 4 is 5.91 Å². The van der Waals surface area contributed by atoms with Gasteiger partial charge in [0.1, 0.15) is 0 Å². The van der Waals surface area contributed by atoms with Crippen LogP contribution in [-0.4, -0.2) is 30.3 Å². The molecule has 1 aliphatic rings. The summed E-state index contributed by atoms with van der Waals surface area (Å²) < 4.78 is 5.55. The number of allylic oxidation sites excluding steroid dienone is 2. The van der Waals surface area contributed by atoms with Gasteiger partial charge < -0.3 is 15.6 Å². The molecule has 144 valence electrons. The van der Waals surface area contributed by atoms with E-state index in [1.165, 1.54) is 19.3 Å². The van der Waals surface area contributed by atoms with Gasteiger partial charge in [-0.2, -0.15) is 0 Å².